The lowest BCUT2D eigenvalue weighted by Crippen LogP contribution is -1.95. The van der Waals surface area contributed by atoms with Gasteiger partial charge in [-0.15, -0.1) is 0 Å². The maximum atomic E-state index is 9.82. The fourth-order valence-electron chi connectivity index (χ4n) is 0.880. The van der Waals surface area contributed by atoms with Crippen LogP contribution in [-0.2, 0) is 14.3 Å². The molecule has 0 aromatic rings. The third-order valence-corrected chi connectivity index (χ3v) is 1.55. The summed E-state index contributed by atoms with van der Waals surface area (Å²) in [4.78, 5) is 18.8. The molecule has 2 N–H and O–H groups in total. The molecule has 19 heavy (non-hydrogen) atoms. The highest BCUT2D eigenvalue weighted by atomic mass is 16.5. The first-order valence-corrected chi connectivity index (χ1v) is 6.69. The second kappa shape index (κ2) is 30.2. The molecule has 0 spiro atoms. The minimum Gasteiger partial charge on any atom is -0.481 e. The van der Waals surface area contributed by atoms with Crippen molar-refractivity contribution in [2.75, 3.05) is 13.7 Å². The number of aliphatic carboxylic acids is 1. The number of hydrogen-bond donors (Lipinski definition) is 2. The summed E-state index contributed by atoms with van der Waals surface area (Å²) in [6.45, 7) is 9.23. The molecule has 0 unspecified atom stereocenters. The van der Waals surface area contributed by atoms with Crippen LogP contribution < -0.4 is 0 Å². The molecule has 0 bridgehead atoms. The van der Waals surface area contributed by atoms with Crippen LogP contribution in [0.25, 0.3) is 0 Å². The Hall–Kier alpha value is -1.10. The lowest BCUT2D eigenvalue weighted by Gasteiger charge is -1.90. The average Bonchev–Trinajstić information content (AvgIpc) is 2.32. The summed E-state index contributed by atoms with van der Waals surface area (Å²) in [6, 6.07) is 0. The van der Waals surface area contributed by atoms with Gasteiger partial charge in [-0.25, -0.2) is 0 Å². The topological polar surface area (TPSA) is 83.8 Å². The van der Waals surface area contributed by atoms with Crippen molar-refractivity contribution in [3.8, 4) is 0 Å². The van der Waals surface area contributed by atoms with Crippen molar-refractivity contribution in [2.24, 2.45) is 0 Å². The Morgan fingerprint density at radius 2 is 1.21 bits per heavy atom. The van der Waals surface area contributed by atoms with Gasteiger partial charge in [0.1, 0.15) is 0 Å². The number of aliphatic hydroxyl groups excluding tert-OH is 1. The summed E-state index contributed by atoms with van der Waals surface area (Å²) in [6.07, 6.45) is 7.01. The van der Waals surface area contributed by atoms with Crippen molar-refractivity contribution in [1.82, 2.24) is 0 Å². The molecule has 5 nitrogen and oxygen atoms in total. The van der Waals surface area contributed by atoms with Crippen LogP contribution in [-0.4, -0.2) is 35.9 Å². The molecule has 0 aromatic heterocycles. The highest BCUT2D eigenvalue weighted by Crippen LogP contribution is 2.00. The number of aliphatic hydroxyl groups is 1. The molecule has 0 heterocycles. The summed E-state index contributed by atoms with van der Waals surface area (Å²) in [5.41, 5.74) is 0. The number of rotatable bonds is 5. The molecule has 5 heteroatoms. The van der Waals surface area contributed by atoms with Crippen LogP contribution >= 0.6 is 0 Å². The third-order valence-electron chi connectivity index (χ3n) is 1.55. The first kappa shape index (κ1) is 26.5. The molecule has 0 rings (SSSR count). The molecule has 0 aliphatic rings. The standard InChI is InChI=1S/C7H16.C4H8O2.C2H4O2.CH4O/c1-3-5-7-6-4-2;1-3-6-4(2)5;1-2(3)4;1-2/h3-7H2,1-2H3;3H2,1-2H3;1H3,(H,3,4);2H,1H3. The predicted octanol–water partition coefficient (Wildman–Crippen LogP) is 3.25. The van der Waals surface area contributed by atoms with Crippen LogP contribution in [0.15, 0.2) is 0 Å². The number of esters is 1. The van der Waals surface area contributed by atoms with E-state index in [1.165, 1.54) is 39.0 Å². The van der Waals surface area contributed by atoms with Gasteiger partial charge in [0.05, 0.1) is 6.61 Å². The summed E-state index contributed by atoms with van der Waals surface area (Å²) in [7, 11) is 1.00. The van der Waals surface area contributed by atoms with Crippen LogP contribution in [0.4, 0.5) is 0 Å². The molecule has 0 radical (unpaired) electrons. The van der Waals surface area contributed by atoms with E-state index in [0.717, 1.165) is 14.0 Å². The van der Waals surface area contributed by atoms with Crippen LogP contribution in [0.3, 0.4) is 0 Å². The quantitative estimate of drug-likeness (QED) is 0.596. The Morgan fingerprint density at radius 3 is 1.32 bits per heavy atom. The number of carbonyl (C=O) groups is 2. The molecule has 0 saturated heterocycles. The zero-order chi connectivity index (χ0) is 16.1. The SMILES string of the molecule is CC(=O)O.CCCCCCC.CCOC(C)=O.CO. The number of carboxylic acids is 1. The van der Waals surface area contributed by atoms with E-state index >= 15 is 0 Å². The maximum Gasteiger partial charge on any atom is 0.302 e. The largest absolute Gasteiger partial charge is 0.481 e. The Bertz CT molecular complexity index is 161. The molecule has 0 aliphatic heterocycles. The Labute approximate surface area is 118 Å². The molecule has 0 atom stereocenters. The number of hydrogen-bond acceptors (Lipinski definition) is 4. The Kier molecular flexibility index (Phi) is 42.0. The lowest BCUT2D eigenvalue weighted by molar-refractivity contribution is -0.140. The van der Waals surface area contributed by atoms with E-state index < -0.39 is 5.97 Å². The fourth-order valence-corrected chi connectivity index (χ4v) is 0.880. The van der Waals surface area contributed by atoms with Crippen molar-refractivity contribution in [1.29, 1.82) is 0 Å². The highest BCUT2D eigenvalue weighted by molar-refractivity contribution is 5.65. The van der Waals surface area contributed by atoms with Crippen molar-refractivity contribution < 1.29 is 24.5 Å². The summed E-state index contributed by atoms with van der Waals surface area (Å²) in [5.74, 6) is -1.04. The van der Waals surface area contributed by atoms with Gasteiger partial charge in [0, 0.05) is 21.0 Å². The minimum atomic E-state index is -0.833. The van der Waals surface area contributed by atoms with Crippen LogP contribution in [0.1, 0.15) is 66.7 Å². The second-order valence-electron chi connectivity index (χ2n) is 3.50. The van der Waals surface area contributed by atoms with Gasteiger partial charge in [-0.05, 0) is 6.92 Å². The van der Waals surface area contributed by atoms with Gasteiger partial charge >= 0.3 is 5.97 Å². The van der Waals surface area contributed by atoms with Gasteiger partial charge in [-0.2, -0.15) is 0 Å². The van der Waals surface area contributed by atoms with Gasteiger partial charge in [-0.1, -0.05) is 46.0 Å². The molecular formula is C14H32O5. The minimum absolute atomic E-state index is 0.211. The summed E-state index contributed by atoms with van der Waals surface area (Å²) in [5, 5.41) is 14.4. The third kappa shape index (κ3) is 108. The lowest BCUT2D eigenvalue weighted by atomic mass is 10.2. The van der Waals surface area contributed by atoms with E-state index in [4.69, 9.17) is 15.0 Å². The van der Waals surface area contributed by atoms with Crippen molar-refractivity contribution >= 4 is 11.9 Å². The van der Waals surface area contributed by atoms with Gasteiger partial charge in [0.25, 0.3) is 5.97 Å². The van der Waals surface area contributed by atoms with E-state index in [1.54, 1.807) is 6.92 Å². The van der Waals surface area contributed by atoms with Gasteiger partial charge in [0.15, 0.2) is 0 Å². The first-order valence-electron chi connectivity index (χ1n) is 6.69. The van der Waals surface area contributed by atoms with E-state index in [-0.39, 0.29) is 5.97 Å². The molecule has 0 saturated carbocycles. The highest BCUT2D eigenvalue weighted by Gasteiger charge is 1.81. The number of ether oxygens (including phenoxy) is 1. The molecule has 0 aliphatic carbocycles. The van der Waals surface area contributed by atoms with Crippen LogP contribution in [0, 0.1) is 0 Å². The summed E-state index contributed by atoms with van der Waals surface area (Å²) < 4.78 is 4.40. The molecule has 0 amide bonds. The zero-order valence-electron chi connectivity index (χ0n) is 13.4. The molecular weight excluding hydrogens is 248 g/mol. The molecule has 0 fully saturated rings. The number of unbranched alkanes of at least 4 members (excludes halogenated alkanes) is 4. The second-order valence-corrected chi connectivity index (χ2v) is 3.50. The fraction of sp³-hybridized carbons (Fsp3) is 0.857. The van der Waals surface area contributed by atoms with E-state index in [1.807, 2.05) is 0 Å². The predicted molar refractivity (Wildman–Crippen MR) is 78.2 cm³/mol. The molecule has 118 valence electrons. The van der Waals surface area contributed by atoms with Crippen LogP contribution in [0.2, 0.25) is 0 Å². The van der Waals surface area contributed by atoms with E-state index in [9.17, 15) is 4.79 Å². The van der Waals surface area contributed by atoms with Crippen molar-refractivity contribution in [3.63, 3.8) is 0 Å². The number of carbonyl (C=O) groups excluding carboxylic acids is 1. The van der Waals surface area contributed by atoms with Crippen LogP contribution in [0.5, 0.6) is 0 Å². The maximum absolute atomic E-state index is 9.82. The normalized spacial score (nSPS) is 7.53. The van der Waals surface area contributed by atoms with Gasteiger partial charge in [-0.3, -0.25) is 9.59 Å². The Balaban J connectivity index is -0.0000000858. The molecule has 0 aromatic carbocycles. The number of carboxylic acid groups (broad SMARTS) is 1. The smallest absolute Gasteiger partial charge is 0.302 e. The van der Waals surface area contributed by atoms with Crippen molar-refractivity contribution in [2.45, 2.75) is 66.7 Å². The van der Waals surface area contributed by atoms with Gasteiger partial charge < -0.3 is 14.9 Å². The average molecular weight is 280 g/mol. The zero-order valence-corrected chi connectivity index (χ0v) is 13.4. The Morgan fingerprint density at radius 1 is 0.895 bits per heavy atom. The summed E-state index contributed by atoms with van der Waals surface area (Å²) >= 11 is 0. The van der Waals surface area contributed by atoms with Crippen molar-refractivity contribution in [3.05, 3.63) is 0 Å². The first-order chi connectivity index (χ1) is 8.92. The van der Waals surface area contributed by atoms with E-state index in [0.29, 0.717) is 6.61 Å². The van der Waals surface area contributed by atoms with E-state index in [2.05, 4.69) is 18.6 Å². The monoisotopic (exact) mass is 280 g/mol. The van der Waals surface area contributed by atoms with Gasteiger partial charge in [0.2, 0.25) is 0 Å².